The number of nitrogens with one attached hydrogen (secondary N) is 1. The topological polar surface area (TPSA) is 46.2 Å². The summed E-state index contributed by atoms with van der Waals surface area (Å²) < 4.78 is 0.818. The molecule has 0 spiro atoms. The first-order chi connectivity index (χ1) is 8.00. The molecular formula is C12H11Br2NO2. The molecule has 0 aromatic heterocycles. The number of anilines is 1. The van der Waals surface area contributed by atoms with Gasteiger partial charge < -0.3 is 5.32 Å². The zero-order chi connectivity index (χ0) is 12.6. The summed E-state index contributed by atoms with van der Waals surface area (Å²) in [5.74, 6) is -0.00696. The summed E-state index contributed by atoms with van der Waals surface area (Å²) in [6, 6.07) is 3.54. The molecule has 0 saturated heterocycles. The largest absolute Gasteiger partial charge is 0.325 e. The molecule has 1 aliphatic carbocycles. The molecule has 1 N–H and O–H groups in total. The van der Waals surface area contributed by atoms with Crippen molar-refractivity contribution in [2.24, 2.45) is 0 Å². The van der Waals surface area contributed by atoms with Gasteiger partial charge in [-0.2, -0.15) is 0 Å². The Labute approximate surface area is 116 Å². The number of carbonyl (C=O) groups excluding carboxylic acids is 2. The van der Waals surface area contributed by atoms with Crippen molar-refractivity contribution in [3.05, 3.63) is 27.7 Å². The van der Waals surface area contributed by atoms with Crippen LogP contribution in [0.5, 0.6) is 0 Å². The zero-order valence-corrected chi connectivity index (χ0v) is 12.4. The Balaban J connectivity index is 2.46. The van der Waals surface area contributed by atoms with Crippen LogP contribution in [0.3, 0.4) is 0 Å². The van der Waals surface area contributed by atoms with Gasteiger partial charge in [0.05, 0.1) is 10.5 Å². The third-order valence-electron chi connectivity index (χ3n) is 2.75. The standard InChI is InChI=1S/C12H11Br2NO2/c1-6(16)15-10-5-3-8-7(11(10)14)2-4-9(13)12(8)17/h3,5,9H,2,4H2,1H3,(H,15,16). The number of carbonyl (C=O) groups is 2. The van der Waals surface area contributed by atoms with Gasteiger partial charge in [-0.15, -0.1) is 0 Å². The van der Waals surface area contributed by atoms with Crippen molar-refractivity contribution in [3.8, 4) is 0 Å². The predicted molar refractivity (Wildman–Crippen MR) is 73.8 cm³/mol. The van der Waals surface area contributed by atoms with E-state index in [4.69, 9.17) is 0 Å². The van der Waals surface area contributed by atoms with E-state index < -0.39 is 0 Å². The quantitative estimate of drug-likeness (QED) is 0.781. The second kappa shape index (κ2) is 4.90. The predicted octanol–water partition coefficient (Wildman–Crippen LogP) is 3.30. The number of benzene rings is 1. The highest BCUT2D eigenvalue weighted by molar-refractivity contribution is 9.10. The first-order valence-corrected chi connectivity index (χ1v) is 6.99. The lowest BCUT2D eigenvalue weighted by Gasteiger charge is -2.21. The van der Waals surface area contributed by atoms with Crippen LogP contribution in [-0.4, -0.2) is 16.5 Å². The van der Waals surface area contributed by atoms with Crippen LogP contribution in [-0.2, 0) is 11.2 Å². The van der Waals surface area contributed by atoms with Crippen LogP contribution in [0, 0.1) is 0 Å². The lowest BCUT2D eigenvalue weighted by Crippen LogP contribution is -2.23. The number of ketones is 1. The second-order valence-corrected chi connectivity index (χ2v) is 5.90. The number of hydrogen-bond donors (Lipinski definition) is 1. The van der Waals surface area contributed by atoms with E-state index in [2.05, 4.69) is 37.2 Å². The highest BCUT2D eigenvalue weighted by Gasteiger charge is 2.27. The fourth-order valence-electron chi connectivity index (χ4n) is 1.95. The lowest BCUT2D eigenvalue weighted by atomic mass is 9.90. The van der Waals surface area contributed by atoms with Gasteiger partial charge in [0, 0.05) is 17.0 Å². The molecule has 1 aromatic rings. The Morgan fingerprint density at radius 3 is 2.82 bits per heavy atom. The average Bonchev–Trinajstić information content (AvgIpc) is 2.27. The maximum atomic E-state index is 11.9. The average molecular weight is 361 g/mol. The van der Waals surface area contributed by atoms with E-state index in [1.54, 1.807) is 12.1 Å². The smallest absolute Gasteiger partial charge is 0.221 e. The molecule has 0 saturated carbocycles. The summed E-state index contributed by atoms with van der Waals surface area (Å²) in [7, 11) is 0. The molecule has 0 bridgehead atoms. The van der Waals surface area contributed by atoms with E-state index in [0.717, 1.165) is 34.1 Å². The van der Waals surface area contributed by atoms with E-state index in [9.17, 15) is 9.59 Å². The molecule has 3 nitrogen and oxygen atoms in total. The maximum Gasteiger partial charge on any atom is 0.221 e. The second-order valence-electron chi connectivity index (χ2n) is 4.00. The summed E-state index contributed by atoms with van der Waals surface area (Å²) in [4.78, 5) is 22.9. The van der Waals surface area contributed by atoms with Gasteiger partial charge >= 0.3 is 0 Å². The third kappa shape index (κ3) is 2.45. The van der Waals surface area contributed by atoms with Crippen molar-refractivity contribution in [2.45, 2.75) is 24.6 Å². The molecule has 0 heterocycles. The minimum atomic E-state index is -0.119. The van der Waals surface area contributed by atoms with Crippen LogP contribution < -0.4 is 5.32 Å². The summed E-state index contributed by atoms with van der Waals surface area (Å²) in [5.41, 5.74) is 2.44. The van der Waals surface area contributed by atoms with Crippen molar-refractivity contribution in [3.63, 3.8) is 0 Å². The molecule has 1 aromatic carbocycles. The van der Waals surface area contributed by atoms with Gasteiger partial charge in [0.15, 0.2) is 5.78 Å². The molecule has 90 valence electrons. The summed E-state index contributed by atoms with van der Waals surface area (Å²) in [5, 5.41) is 2.74. The lowest BCUT2D eigenvalue weighted by molar-refractivity contribution is -0.114. The van der Waals surface area contributed by atoms with Gasteiger partial charge in [0.1, 0.15) is 0 Å². The highest BCUT2D eigenvalue weighted by Crippen LogP contribution is 2.35. The summed E-state index contributed by atoms with van der Waals surface area (Å²) >= 11 is 6.83. The molecule has 0 radical (unpaired) electrons. The molecule has 2 rings (SSSR count). The minimum absolute atomic E-state index is 0.0893. The normalized spacial score (nSPS) is 18.8. The number of amides is 1. The Kier molecular flexibility index (Phi) is 3.68. The van der Waals surface area contributed by atoms with Gasteiger partial charge in [0.25, 0.3) is 0 Å². The van der Waals surface area contributed by atoms with Crippen LogP contribution >= 0.6 is 31.9 Å². The number of hydrogen-bond acceptors (Lipinski definition) is 2. The van der Waals surface area contributed by atoms with Crippen LogP contribution in [0.15, 0.2) is 16.6 Å². The Morgan fingerprint density at radius 2 is 2.18 bits per heavy atom. The van der Waals surface area contributed by atoms with Crippen molar-refractivity contribution in [1.29, 1.82) is 0 Å². The maximum absolute atomic E-state index is 11.9. The number of halogens is 2. The summed E-state index contributed by atoms with van der Waals surface area (Å²) in [6.07, 6.45) is 1.61. The molecule has 1 atom stereocenters. The number of Topliss-reactive ketones (excluding diaryl/α,β-unsaturated/α-hetero) is 1. The molecule has 17 heavy (non-hydrogen) atoms. The fraction of sp³-hybridized carbons (Fsp3) is 0.333. The van der Waals surface area contributed by atoms with E-state index in [1.165, 1.54) is 6.92 Å². The molecule has 0 fully saturated rings. The minimum Gasteiger partial charge on any atom is -0.325 e. The van der Waals surface area contributed by atoms with Crippen LogP contribution in [0.1, 0.15) is 29.3 Å². The third-order valence-corrected chi connectivity index (χ3v) is 4.53. The number of alkyl halides is 1. The van der Waals surface area contributed by atoms with Crippen LogP contribution in [0.2, 0.25) is 0 Å². The number of rotatable bonds is 1. The Bertz CT molecular complexity index is 500. The van der Waals surface area contributed by atoms with E-state index in [1.807, 2.05) is 0 Å². The molecular weight excluding hydrogens is 350 g/mol. The molecule has 1 unspecified atom stereocenters. The van der Waals surface area contributed by atoms with Gasteiger partial charge in [-0.05, 0) is 46.5 Å². The molecule has 1 aliphatic rings. The number of fused-ring (bicyclic) bond motifs is 1. The van der Waals surface area contributed by atoms with Crippen molar-refractivity contribution in [2.75, 3.05) is 5.32 Å². The SMILES string of the molecule is CC(=O)Nc1ccc2c(c1Br)CCC(Br)C2=O. The van der Waals surface area contributed by atoms with Crippen molar-refractivity contribution >= 4 is 49.2 Å². The zero-order valence-electron chi connectivity index (χ0n) is 9.22. The van der Waals surface area contributed by atoms with Crippen LogP contribution in [0.25, 0.3) is 0 Å². The van der Waals surface area contributed by atoms with Crippen LogP contribution in [0.4, 0.5) is 5.69 Å². The van der Waals surface area contributed by atoms with Crippen molar-refractivity contribution < 1.29 is 9.59 Å². The van der Waals surface area contributed by atoms with Gasteiger partial charge in [-0.25, -0.2) is 0 Å². The van der Waals surface area contributed by atoms with E-state index in [0.29, 0.717) is 0 Å². The monoisotopic (exact) mass is 359 g/mol. The first kappa shape index (κ1) is 12.8. The van der Waals surface area contributed by atoms with Gasteiger partial charge in [-0.3, -0.25) is 9.59 Å². The molecule has 0 aliphatic heterocycles. The highest BCUT2D eigenvalue weighted by atomic mass is 79.9. The van der Waals surface area contributed by atoms with E-state index in [-0.39, 0.29) is 16.5 Å². The first-order valence-electron chi connectivity index (χ1n) is 5.28. The fourth-order valence-corrected chi connectivity index (χ4v) is 3.07. The Hall–Kier alpha value is -0.680. The van der Waals surface area contributed by atoms with Gasteiger partial charge in [0.2, 0.25) is 5.91 Å². The molecule has 5 heteroatoms. The van der Waals surface area contributed by atoms with Gasteiger partial charge in [-0.1, -0.05) is 15.9 Å². The van der Waals surface area contributed by atoms with E-state index >= 15 is 0 Å². The Morgan fingerprint density at radius 1 is 1.47 bits per heavy atom. The molecule has 1 amide bonds. The van der Waals surface area contributed by atoms with Crippen molar-refractivity contribution in [1.82, 2.24) is 0 Å². The summed E-state index contributed by atoms with van der Waals surface area (Å²) in [6.45, 7) is 1.46.